The van der Waals surface area contributed by atoms with Crippen molar-refractivity contribution in [2.24, 2.45) is 5.92 Å². The Kier molecular flexibility index (Phi) is 5.55. The Hall–Kier alpha value is -1.65. The maximum atomic E-state index is 11.9. The quantitative estimate of drug-likeness (QED) is 0.811. The first-order valence-electron chi connectivity index (χ1n) is 6.33. The molecule has 0 spiro atoms. The van der Waals surface area contributed by atoms with Crippen LogP contribution >= 0.6 is 0 Å². The van der Waals surface area contributed by atoms with Crippen molar-refractivity contribution in [3.63, 3.8) is 0 Å². The molecule has 0 bridgehead atoms. The van der Waals surface area contributed by atoms with E-state index in [-0.39, 0.29) is 11.9 Å². The highest BCUT2D eigenvalue weighted by Crippen LogP contribution is 2.07. The molecule has 100 valence electrons. The fourth-order valence-electron chi connectivity index (χ4n) is 1.53. The molecule has 0 fully saturated rings. The van der Waals surface area contributed by atoms with Crippen LogP contribution < -0.4 is 10.6 Å². The van der Waals surface area contributed by atoms with Crippen LogP contribution in [0.25, 0.3) is 0 Å². The predicted molar refractivity (Wildman–Crippen MR) is 72.6 cm³/mol. The molecule has 0 saturated carbocycles. The third-order valence-corrected chi connectivity index (χ3v) is 2.70. The Morgan fingerprint density at radius 3 is 2.44 bits per heavy atom. The van der Waals surface area contributed by atoms with Gasteiger partial charge in [0.15, 0.2) is 0 Å². The molecular formula is C13H22N4O. The summed E-state index contributed by atoms with van der Waals surface area (Å²) >= 11 is 0. The second-order valence-electron chi connectivity index (χ2n) is 4.88. The number of carbonyl (C=O) groups is 1. The Balaban J connectivity index is 2.48. The lowest BCUT2D eigenvalue weighted by atomic mass is 10.0. The highest BCUT2D eigenvalue weighted by molar-refractivity contribution is 5.92. The van der Waals surface area contributed by atoms with Crippen molar-refractivity contribution in [3.8, 4) is 0 Å². The summed E-state index contributed by atoms with van der Waals surface area (Å²) in [5.74, 6) is 1.14. The molecule has 0 aliphatic carbocycles. The minimum atomic E-state index is -0.165. The smallest absolute Gasteiger partial charge is 0.271 e. The van der Waals surface area contributed by atoms with Gasteiger partial charge in [0.05, 0.1) is 12.4 Å². The maximum Gasteiger partial charge on any atom is 0.271 e. The fraction of sp³-hybridized carbons (Fsp3) is 0.615. The average molecular weight is 250 g/mol. The van der Waals surface area contributed by atoms with Crippen LogP contribution in [-0.2, 0) is 0 Å². The van der Waals surface area contributed by atoms with E-state index >= 15 is 0 Å². The normalized spacial score (nSPS) is 12.3. The summed E-state index contributed by atoms with van der Waals surface area (Å²) in [6.07, 6.45) is 5.11. The van der Waals surface area contributed by atoms with Gasteiger partial charge in [-0.2, -0.15) is 0 Å². The summed E-state index contributed by atoms with van der Waals surface area (Å²) in [6, 6.07) is 0.158. The Morgan fingerprint density at radius 2 is 1.94 bits per heavy atom. The number of aromatic nitrogens is 2. The monoisotopic (exact) mass is 250 g/mol. The van der Waals surface area contributed by atoms with Gasteiger partial charge >= 0.3 is 0 Å². The van der Waals surface area contributed by atoms with Crippen LogP contribution in [0, 0.1) is 5.92 Å². The number of hydrogen-bond acceptors (Lipinski definition) is 4. The summed E-state index contributed by atoms with van der Waals surface area (Å²) in [6.45, 7) is 6.36. The molecule has 1 amide bonds. The third-order valence-electron chi connectivity index (χ3n) is 2.70. The number of carbonyl (C=O) groups excluding carboxylic acids is 1. The molecule has 5 nitrogen and oxygen atoms in total. The molecule has 0 saturated heterocycles. The van der Waals surface area contributed by atoms with Crippen molar-refractivity contribution in [2.75, 3.05) is 12.4 Å². The molecule has 0 radical (unpaired) electrons. The molecule has 1 aromatic heterocycles. The number of nitrogens with zero attached hydrogens (tertiary/aromatic N) is 2. The second kappa shape index (κ2) is 6.93. The first kappa shape index (κ1) is 14.4. The van der Waals surface area contributed by atoms with Crippen LogP contribution in [-0.4, -0.2) is 29.0 Å². The maximum absolute atomic E-state index is 11.9. The van der Waals surface area contributed by atoms with Gasteiger partial charge in [0.2, 0.25) is 0 Å². The van der Waals surface area contributed by atoms with E-state index in [1.807, 2.05) is 6.92 Å². The zero-order valence-electron chi connectivity index (χ0n) is 11.5. The van der Waals surface area contributed by atoms with Crippen molar-refractivity contribution in [3.05, 3.63) is 18.1 Å². The number of hydrogen-bond donors (Lipinski definition) is 2. The summed E-state index contributed by atoms with van der Waals surface area (Å²) in [5.41, 5.74) is 0.352. The van der Waals surface area contributed by atoms with Gasteiger partial charge in [0.25, 0.3) is 5.91 Å². The number of nitrogens with one attached hydrogen (secondary N) is 2. The molecule has 0 aromatic carbocycles. The van der Waals surface area contributed by atoms with E-state index in [1.165, 1.54) is 6.20 Å². The molecule has 1 unspecified atom stereocenters. The molecule has 2 N–H and O–H groups in total. The highest BCUT2D eigenvalue weighted by atomic mass is 16.1. The van der Waals surface area contributed by atoms with Crippen molar-refractivity contribution >= 4 is 11.7 Å². The van der Waals surface area contributed by atoms with Crippen LogP contribution in [0.3, 0.4) is 0 Å². The predicted octanol–water partition coefficient (Wildman–Crippen LogP) is 2.07. The van der Waals surface area contributed by atoms with E-state index in [1.54, 1.807) is 13.2 Å². The lowest BCUT2D eigenvalue weighted by molar-refractivity contribution is 0.0932. The summed E-state index contributed by atoms with van der Waals surface area (Å²) in [4.78, 5) is 20.0. The Morgan fingerprint density at radius 1 is 1.22 bits per heavy atom. The third kappa shape index (κ3) is 4.69. The van der Waals surface area contributed by atoms with E-state index in [0.29, 0.717) is 17.4 Å². The zero-order chi connectivity index (χ0) is 13.5. The number of rotatable bonds is 6. The van der Waals surface area contributed by atoms with Crippen molar-refractivity contribution in [2.45, 2.75) is 39.7 Å². The Bertz CT molecular complexity index is 375. The first-order chi connectivity index (χ1) is 8.52. The average Bonchev–Trinajstić information content (AvgIpc) is 2.36. The van der Waals surface area contributed by atoms with E-state index in [9.17, 15) is 4.79 Å². The first-order valence-corrected chi connectivity index (χ1v) is 6.33. The Labute approximate surface area is 108 Å². The van der Waals surface area contributed by atoms with Crippen LogP contribution in [0.15, 0.2) is 12.4 Å². The van der Waals surface area contributed by atoms with Gasteiger partial charge in [0.1, 0.15) is 11.5 Å². The lowest BCUT2D eigenvalue weighted by Gasteiger charge is -2.14. The van der Waals surface area contributed by atoms with Crippen LogP contribution in [0.4, 0.5) is 5.82 Å². The molecule has 1 aromatic rings. The van der Waals surface area contributed by atoms with E-state index < -0.39 is 0 Å². The summed E-state index contributed by atoms with van der Waals surface area (Å²) < 4.78 is 0. The van der Waals surface area contributed by atoms with Gasteiger partial charge in [-0.05, 0) is 25.7 Å². The molecule has 5 heteroatoms. The summed E-state index contributed by atoms with van der Waals surface area (Å²) in [5, 5.41) is 5.79. The van der Waals surface area contributed by atoms with Gasteiger partial charge in [-0.15, -0.1) is 0 Å². The molecule has 1 rings (SSSR count). The molecule has 0 aliphatic rings. The minimum Gasteiger partial charge on any atom is -0.372 e. The van der Waals surface area contributed by atoms with Gasteiger partial charge in [-0.1, -0.05) is 13.8 Å². The molecule has 1 atom stereocenters. The van der Waals surface area contributed by atoms with Crippen LogP contribution in [0.1, 0.15) is 44.1 Å². The van der Waals surface area contributed by atoms with E-state index in [4.69, 9.17) is 0 Å². The molecule has 18 heavy (non-hydrogen) atoms. The molecule has 1 heterocycles. The topological polar surface area (TPSA) is 66.9 Å². The van der Waals surface area contributed by atoms with Crippen molar-refractivity contribution in [1.82, 2.24) is 15.3 Å². The van der Waals surface area contributed by atoms with Crippen molar-refractivity contribution < 1.29 is 4.79 Å². The number of anilines is 1. The minimum absolute atomic E-state index is 0.158. The SMILES string of the molecule is CNc1cnc(C(=O)NC(C)CCC(C)C)cn1. The lowest BCUT2D eigenvalue weighted by Crippen LogP contribution is -2.33. The van der Waals surface area contributed by atoms with E-state index in [0.717, 1.165) is 12.8 Å². The highest BCUT2D eigenvalue weighted by Gasteiger charge is 2.11. The fourth-order valence-corrected chi connectivity index (χ4v) is 1.53. The van der Waals surface area contributed by atoms with Gasteiger partial charge in [-0.3, -0.25) is 4.79 Å². The van der Waals surface area contributed by atoms with E-state index in [2.05, 4.69) is 34.4 Å². The van der Waals surface area contributed by atoms with Gasteiger partial charge in [-0.25, -0.2) is 9.97 Å². The van der Waals surface area contributed by atoms with Crippen LogP contribution in [0.2, 0.25) is 0 Å². The molecule has 0 aliphatic heterocycles. The van der Waals surface area contributed by atoms with Crippen LogP contribution in [0.5, 0.6) is 0 Å². The van der Waals surface area contributed by atoms with Gasteiger partial charge in [0, 0.05) is 13.1 Å². The van der Waals surface area contributed by atoms with Gasteiger partial charge < -0.3 is 10.6 Å². The largest absolute Gasteiger partial charge is 0.372 e. The zero-order valence-corrected chi connectivity index (χ0v) is 11.5. The standard InChI is InChI=1S/C13H22N4O/c1-9(2)5-6-10(3)17-13(18)11-7-16-12(14-4)8-15-11/h7-10H,5-6H2,1-4H3,(H,14,16)(H,17,18). The number of amides is 1. The van der Waals surface area contributed by atoms with Crippen molar-refractivity contribution in [1.29, 1.82) is 0 Å². The second-order valence-corrected chi connectivity index (χ2v) is 4.88. The molecular weight excluding hydrogens is 228 g/mol. The summed E-state index contributed by atoms with van der Waals surface area (Å²) in [7, 11) is 1.76.